The number of carbonyl (C=O) groups is 1. The largest absolute Gasteiger partial charge is 0.397 e. The molecular weight excluding hydrogens is 288 g/mol. The molecule has 1 atom stereocenters. The number of carbonyl (C=O) groups excluding carboxylic acids is 1. The van der Waals surface area contributed by atoms with E-state index in [1.165, 1.54) is 0 Å². The van der Waals surface area contributed by atoms with E-state index in [-0.39, 0.29) is 11.7 Å². The topological polar surface area (TPSA) is 81.4 Å². The van der Waals surface area contributed by atoms with Crippen molar-refractivity contribution in [2.75, 3.05) is 36.3 Å². The van der Waals surface area contributed by atoms with Crippen LogP contribution in [0.1, 0.15) is 6.42 Å². The Morgan fingerprint density at radius 3 is 2.89 bits per heavy atom. The standard InChI is InChI=1S/C12H17ClN2O3S/c1-18-5-2-6-19(17)8-12(16)15-9-3-4-10(13)11(14)7-9/h3-4,7H,2,5-6,8,14H2,1H3,(H,15,16). The first-order valence-corrected chi connectivity index (χ1v) is 7.58. The molecule has 0 aliphatic heterocycles. The van der Waals surface area contributed by atoms with Crippen LogP contribution in [-0.4, -0.2) is 35.3 Å². The molecule has 0 saturated heterocycles. The second-order valence-electron chi connectivity index (χ2n) is 3.92. The predicted octanol–water partition coefficient (Wildman–Crippen LogP) is 1.65. The fraction of sp³-hybridized carbons (Fsp3) is 0.417. The molecule has 106 valence electrons. The third-order valence-corrected chi connectivity index (χ3v) is 3.96. The molecule has 3 N–H and O–H groups in total. The summed E-state index contributed by atoms with van der Waals surface area (Å²) in [6, 6.07) is 4.81. The van der Waals surface area contributed by atoms with E-state index in [2.05, 4.69) is 5.32 Å². The minimum atomic E-state index is -1.18. The van der Waals surface area contributed by atoms with Crippen molar-refractivity contribution < 1.29 is 13.7 Å². The number of methoxy groups -OCH3 is 1. The first kappa shape index (κ1) is 15.9. The molecule has 0 heterocycles. The Hall–Kier alpha value is -1.11. The summed E-state index contributed by atoms with van der Waals surface area (Å²) in [5.41, 5.74) is 6.55. The SMILES string of the molecule is COCCCS(=O)CC(=O)Nc1ccc(Cl)c(N)c1. The van der Waals surface area contributed by atoms with Crippen LogP contribution >= 0.6 is 11.6 Å². The lowest BCUT2D eigenvalue weighted by Gasteiger charge is -2.07. The molecule has 0 saturated carbocycles. The van der Waals surface area contributed by atoms with Crippen molar-refractivity contribution in [3.05, 3.63) is 23.2 Å². The maximum atomic E-state index is 11.6. The molecule has 0 spiro atoms. The van der Waals surface area contributed by atoms with Crippen molar-refractivity contribution in [3.8, 4) is 0 Å². The third kappa shape index (κ3) is 6.04. The number of ether oxygens (including phenoxy) is 1. The molecule has 0 aromatic heterocycles. The van der Waals surface area contributed by atoms with Gasteiger partial charge >= 0.3 is 0 Å². The number of amides is 1. The Kier molecular flexibility index (Phi) is 6.83. The first-order chi connectivity index (χ1) is 9.02. The van der Waals surface area contributed by atoms with Gasteiger partial charge in [0.05, 0.1) is 10.7 Å². The maximum Gasteiger partial charge on any atom is 0.236 e. The molecule has 0 radical (unpaired) electrons. The summed E-state index contributed by atoms with van der Waals surface area (Å²) in [5.74, 6) is 0.105. The normalized spacial score (nSPS) is 12.1. The van der Waals surface area contributed by atoms with Crippen LogP contribution in [0.15, 0.2) is 18.2 Å². The van der Waals surface area contributed by atoms with Crippen molar-refractivity contribution in [1.82, 2.24) is 0 Å². The summed E-state index contributed by atoms with van der Waals surface area (Å²) in [6.45, 7) is 0.543. The van der Waals surface area contributed by atoms with Crippen molar-refractivity contribution in [3.63, 3.8) is 0 Å². The van der Waals surface area contributed by atoms with Crippen LogP contribution < -0.4 is 11.1 Å². The number of nitrogens with two attached hydrogens (primary N) is 1. The van der Waals surface area contributed by atoms with Gasteiger partial charge in [0.1, 0.15) is 5.75 Å². The number of rotatable bonds is 7. The van der Waals surface area contributed by atoms with E-state index >= 15 is 0 Å². The molecule has 19 heavy (non-hydrogen) atoms. The predicted molar refractivity (Wildman–Crippen MR) is 78.9 cm³/mol. The Labute approximate surface area is 119 Å². The zero-order valence-electron chi connectivity index (χ0n) is 10.6. The van der Waals surface area contributed by atoms with Gasteiger partial charge in [-0.1, -0.05) is 11.6 Å². The molecule has 1 rings (SSSR count). The lowest BCUT2D eigenvalue weighted by Crippen LogP contribution is -2.21. The van der Waals surface area contributed by atoms with Crippen LogP contribution in [0.25, 0.3) is 0 Å². The van der Waals surface area contributed by atoms with Crippen molar-refractivity contribution in [2.24, 2.45) is 0 Å². The van der Waals surface area contributed by atoms with Gasteiger partial charge in [0.15, 0.2) is 0 Å². The van der Waals surface area contributed by atoms with Crippen LogP contribution in [0, 0.1) is 0 Å². The summed E-state index contributed by atoms with van der Waals surface area (Å²) < 4.78 is 16.4. The average Bonchev–Trinajstić information content (AvgIpc) is 2.34. The van der Waals surface area contributed by atoms with E-state index in [1.807, 2.05) is 0 Å². The molecule has 0 aliphatic rings. The second kappa shape index (κ2) is 8.14. The van der Waals surface area contributed by atoms with E-state index in [9.17, 15) is 9.00 Å². The fourth-order valence-corrected chi connectivity index (χ4v) is 2.47. The Morgan fingerprint density at radius 2 is 2.26 bits per heavy atom. The van der Waals surface area contributed by atoms with Crippen LogP contribution in [-0.2, 0) is 20.3 Å². The third-order valence-electron chi connectivity index (χ3n) is 2.29. The first-order valence-electron chi connectivity index (χ1n) is 5.71. The van der Waals surface area contributed by atoms with Crippen molar-refractivity contribution >= 4 is 39.7 Å². The smallest absolute Gasteiger partial charge is 0.236 e. The lowest BCUT2D eigenvalue weighted by molar-refractivity contribution is -0.113. The summed E-state index contributed by atoms with van der Waals surface area (Å²) in [6.07, 6.45) is 0.671. The summed E-state index contributed by atoms with van der Waals surface area (Å²) in [7, 11) is 0.400. The quantitative estimate of drug-likeness (QED) is 0.593. The van der Waals surface area contributed by atoms with Gasteiger partial charge in [0.25, 0.3) is 0 Å². The number of nitrogen functional groups attached to an aromatic ring is 1. The number of hydrogen-bond acceptors (Lipinski definition) is 4. The number of anilines is 2. The fourth-order valence-electron chi connectivity index (χ4n) is 1.40. The van der Waals surface area contributed by atoms with Crippen molar-refractivity contribution in [2.45, 2.75) is 6.42 Å². The highest BCUT2D eigenvalue weighted by Crippen LogP contribution is 2.22. The van der Waals surface area contributed by atoms with E-state index in [0.717, 1.165) is 0 Å². The van der Waals surface area contributed by atoms with Gasteiger partial charge in [0.2, 0.25) is 5.91 Å². The van der Waals surface area contributed by atoms with E-state index in [0.29, 0.717) is 35.2 Å². The van der Waals surface area contributed by atoms with Gasteiger partial charge in [-0.05, 0) is 24.6 Å². The van der Waals surface area contributed by atoms with Crippen LogP contribution in [0.5, 0.6) is 0 Å². The monoisotopic (exact) mass is 304 g/mol. The van der Waals surface area contributed by atoms with Gasteiger partial charge in [-0.2, -0.15) is 0 Å². The van der Waals surface area contributed by atoms with Gasteiger partial charge < -0.3 is 15.8 Å². The summed E-state index contributed by atoms with van der Waals surface area (Å²) in [4.78, 5) is 11.6. The number of hydrogen-bond donors (Lipinski definition) is 2. The minimum absolute atomic E-state index is 0.0355. The molecule has 1 amide bonds. The van der Waals surface area contributed by atoms with Gasteiger partial charge in [-0.15, -0.1) is 0 Å². The van der Waals surface area contributed by atoms with Gasteiger partial charge in [-0.3, -0.25) is 9.00 Å². The number of benzene rings is 1. The molecule has 1 aromatic rings. The number of nitrogens with one attached hydrogen (secondary N) is 1. The highest BCUT2D eigenvalue weighted by Gasteiger charge is 2.09. The molecule has 0 aliphatic carbocycles. The molecule has 1 unspecified atom stereocenters. The lowest BCUT2D eigenvalue weighted by atomic mass is 10.3. The molecule has 0 fully saturated rings. The van der Waals surface area contributed by atoms with Crippen LogP contribution in [0.2, 0.25) is 5.02 Å². The average molecular weight is 305 g/mol. The molecule has 1 aromatic carbocycles. The van der Waals surface area contributed by atoms with Crippen molar-refractivity contribution in [1.29, 1.82) is 0 Å². The molecular formula is C12H17ClN2O3S. The van der Waals surface area contributed by atoms with Gasteiger partial charge in [-0.25, -0.2) is 0 Å². The second-order valence-corrected chi connectivity index (χ2v) is 5.90. The summed E-state index contributed by atoms with van der Waals surface area (Å²) in [5, 5.41) is 3.06. The molecule has 7 heteroatoms. The maximum absolute atomic E-state index is 11.6. The highest BCUT2D eigenvalue weighted by molar-refractivity contribution is 7.85. The zero-order valence-corrected chi connectivity index (χ0v) is 12.2. The molecule has 0 bridgehead atoms. The zero-order chi connectivity index (χ0) is 14.3. The highest BCUT2D eigenvalue weighted by atomic mass is 35.5. The van der Waals surface area contributed by atoms with E-state index in [4.69, 9.17) is 22.1 Å². The van der Waals surface area contributed by atoms with E-state index < -0.39 is 10.8 Å². The Morgan fingerprint density at radius 1 is 1.53 bits per heavy atom. The van der Waals surface area contributed by atoms with Gasteiger partial charge in [0, 0.05) is 36.0 Å². The van der Waals surface area contributed by atoms with Crippen LogP contribution in [0.3, 0.4) is 0 Å². The van der Waals surface area contributed by atoms with E-state index in [1.54, 1.807) is 25.3 Å². The Bertz CT molecular complexity index is 468. The van der Waals surface area contributed by atoms with Crippen LogP contribution in [0.4, 0.5) is 11.4 Å². The Balaban J connectivity index is 2.42. The molecule has 5 nitrogen and oxygen atoms in total. The minimum Gasteiger partial charge on any atom is -0.397 e. The number of halogens is 1. The summed E-state index contributed by atoms with van der Waals surface area (Å²) >= 11 is 5.77.